The summed E-state index contributed by atoms with van der Waals surface area (Å²) in [5.41, 5.74) is 5.13. The van der Waals surface area contributed by atoms with Gasteiger partial charge in [0, 0.05) is 63.4 Å². The lowest BCUT2D eigenvalue weighted by Gasteiger charge is -2.24. The van der Waals surface area contributed by atoms with Gasteiger partial charge in [0.15, 0.2) is 0 Å². The zero-order chi connectivity index (χ0) is 33.9. The monoisotopic (exact) mass is 667 g/mol. The summed E-state index contributed by atoms with van der Waals surface area (Å²) in [7, 11) is 3.51. The Balaban J connectivity index is 1.64. The molecule has 0 saturated heterocycles. The van der Waals surface area contributed by atoms with Gasteiger partial charge in [0.05, 0.1) is 31.9 Å². The predicted molar refractivity (Wildman–Crippen MR) is 180 cm³/mol. The third-order valence-corrected chi connectivity index (χ3v) is 10.7. The van der Waals surface area contributed by atoms with Crippen molar-refractivity contribution in [3.63, 3.8) is 0 Å². The molecule has 3 aromatic rings. The van der Waals surface area contributed by atoms with E-state index in [9.17, 15) is 22.8 Å². The second kappa shape index (κ2) is 14.4. The summed E-state index contributed by atoms with van der Waals surface area (Å²) in [6.07, 6.45) is 5.91. The van der Waals surface area contributed by atoms with Gasteiger partial charge in [-0.2, -0.15) is 12.7 Å². The smallest absolute Gasteiger partial charge is 0.303 e. The van der Waals surface area contributed by atoms with Crippen LogP contribution in [0.15, 0.2) is 36.4 Å². The van der Waals surface area contributed by atoms with Crippen LogP contribution < -0.4 is 14.8 Å². The average molecular weight is 668 g/mol. The van der Waals surface area contributed by atoms with E-state index in [-0.39, 0.29) is 29.8 Å². The van der Waals surface area contributed by atoms with Gasteiger partial charge < -0.3 is 24.3 Å². The molecule has 1 aliphatic carbocycles. The van der Waals surface area contributed by atoms with Gasteiger partial charge in [0.25, 0.3) is 5.91 Å². The van der Waals surface area contributed by atoms with Crippen LogP contribution in [0.25, 0.3) is 22.2 Å². The molecular weight excluding hydrogens is 622 g/mol. The van der Waals surface area contributed by atoms with Crippen molar-refractivity contribution in [3.8, 4) is 17.0 Å². The number of hydrogen-bond acceptors (Lipinski definition) is 7. The minimum Gasteiger partial charge on any atom is -0.497 e. The molecule has 2 aromatic carbocycles. The van der Waals surface area contributed by atoms with Crippen molar-refractivity contribution >= 4 is 38.8 Å². The van der Waals surface area contributed by atoms with E-state index >= 15 is 0 Å². The van der Waals surface area contributed by atoms with Crippen LogP contribution in [0.3, 0.4) is 0 Å². The molecule has 12 nitrogen and oxygen atoms in total. The first-order valence-electron chi connectivity index (χ1n) is 16.0. The van der Waals surface area contributed by atoms with Gasteiger partial charge in [-0.1, -0.05) is 25.3 Å². The maximum Gasteiger partial charge on any atom is 0.303 e. The molecule has 2 heterocycles. The Morgan fingerprint density at radius 2 is 1.74 bits per heavy atom. The molecule has 1 aliphatic heterocycles. The van der Waals surface area contributed by atoms with Gasteiger partial charge in [-0.05, 0) is 66.6 Å². The summed E-state index contributed by atoms with van der Waals surface area (Å²) < 4.78 is 40.8. The molecule has 0 bridgehead atoms. The standard InChI is InChI=1S/C34H45N5O7S/c1-37(2)47(43,44)36-33(41)23-11-13-28-29(19-23)39-20-25(34(42)38(3)21-30(40)35-15-16-45-4)17-24-18-26(46-5)12-14-27(24)32(39)31(28)22-9-7-6-8-10-22/h11-14,18-19,22,25H,6-10,15-17,20-21H2,1-5H3,(H,35,40)(H,36,41). The quantitative estimate of drug-likeness (QED) is 0.299. The number of methoxy groups -OCH3 is 2. The van der Waals surface area contributed by atoms with E-state index in [0.717, 1.165) is 57.7 Å². The number of benzene rings is 2. The van der Waals surface area contributed by atoms with Crippen LogP contribution in [-0.4, -0.2) is 95.0 Å². The molecule has 47 heavy (non-hydrogen) atoms. The largest absolute Gasteiger partial charge is 0.497 e. The topological polar surface area (TPSA) is 139 Å². The molecule has 1 unspecified atom stereocenters. The second-order valence-electron chi connectivity index (χ2n) is 12.6. The third kappa shape index (κ3) is 7.31. The number of aromatic nitrogens is 1. The highest BCUT2D eigenvalue weighted by Gasteiger charge is 2.34. The van der Waals surface area contributed by atoms with Crippen LogP contribution in [0.5, 0.6) is 5.75 Å². The Morgan fingerprint density at radius 3 is 2.43 bits per heavy atom. The van der Waals surface area contributed by atoms with Gasteiger partial charge in [-0.25, -0.2) is 4.72 Å². The lowest BCUT2D eigenvalue weighted by Crippen LogP contribution is -2.42. The van der Waals surface area contributed by atoms with Crippen LogP contribution in [0.1, 0.15) is 59.5 Å². The fraction of sp³-hybridized carbons (Fsp3) is 0.500. The summed E-state index contributed by atoms with van der Waals surface area (Å²) in [4.78, 5) is 41.4. The molecule has 2 N–H and O–H groups in total. The van der Waals surface area contributed by atoms with E-state index in [1.54, 1.807) is 33.4 Å². The molecule has 1 aromatic heterocycles. The summed E-state index contributed by atoms with van der Waals surface area (Å²) in [5, 5.41) is 3.76. The van der Waals surface area contributed by atoms with Gasteiger partial charge in [0.1, 0.15) is 5.75 Å². The Morgan fingerprint density at radius 1 is 1.00 bits per heavy atom. The maximum absolute atomic E-state index is 14.1. The Bertz CT molecular complexity index is 1760. The number of nitrogens with one attached hydrogen (secondary N) is 2. The van der Waals surface area contributed by atoms with E-state index in [0.29, 0.717) is 31.9 Å². The predicted octanol–water partition coefficient (Wildman–Crippen LogP) is 3.29. The molecule has 1 saturated carbocycles. The molecule has 254 valence electrons. The molecular formula is C34H45N5O7S. The van der Waals surface area contributed by atoms with Crippen molar-refractivity contribution in [3.05, 3.63) is 53.1 Å². The molecule has 0 spiro atoms. The first-order chi connectivity index (χ1) is 22.4. The van der Waals surface area contributed by atoms with Crippen LogP contribution in [0, 0.1) is 5.92 Å². The number of ether oxygens (including phenoxy) is 2. The Kier molecular flexibility index (Phi) is 10.6. The molecule has 0 radical (unpaired) electrons. The van der Waals surface area contributed by atoms with Crippen LogP contribution in [0.2, 0.25) is 0 Å². The zero-order valence-electron chi connectivity index (χ0n) is 27.8. The molecule has 13 heteroatoms. The van der Waals surface area contributed by atoms with Crippen LogP contribution in [0.4, 0.5) is 0 Å². The zero-order valence-corrected chi connectivity index (χ0v) is 28.6. The number of likely N-dealkylation sites (N-methyl/N-ethyl adjacent to an activating group) is 1. The van der Waals surface area contributed by atoms with Gasteiger partial charge >= 0.3 is 10.2 Å². The Hall–Kier alpha value is -3.94. The minimum atomic E-state index is -4.00. The highest BCUT2D eigenvalue weighted by atomic mass is 32.2. The second-order valence-corrected chi connectivity index (χ2v) is 14.5. The number of nitrogens with zero attached hydrogens (tertiary/aromatic N) is 3. The van der Waals surface area contributed by atoms with Crippen molar-refractivity contribution in [2.45, 2.75) is 51.0 Å². The molecule has 3 amide bonds. The molecule has 1 fully saturated rings. The highest BCUT2D eigenvalue weighted by Crippen LogP contribution is 2.47. The lowest BCUT2D eigenvalue weighted by molar-refractivity contribution is -0.138. The highest BCUT2D eigenvalue weighted by molar-refractivity contribution is 7.87. The van der Waals surface area contributed by atoms with E-state index in [2.05, 4.69) is 14.6 Å². The summed E-state index contributed by atoms with van der Waals surface area (Å²) in [6.45, 7) is 0.938. The lowest BCUT2D eigenvalue weighted by atomic mass is 9.81. The first-order valence-corrected chi connectivity index (χ1v) is 17.5. The summed E-state index contributed by atoms with van der Waals surface area (Å²) in [6, 6.07) is 11.3. The first kappa shape index (κ1) is 34.4. The fourth-order valence-corrected chi connectivity index (χ4v) is 7.37. The summed E-state index contributed by atoms with van der Waals surface area (Å²) in [5.74, 6) is -0.743. The van der Waals surface area contributed by atoms with Gasteiger partial charge in [-0.3, -0.25) is 14.4 Å². The average Bonchev–Trinajstić information content (AvgIpc) is 3.26. The van der Waals surface area contributed by atoms with E-state index in [1.165, 1.54) is 31.0 Å². The Labute approximate surface area is 276 Å². The number of hydrogen-bond donors (Lipinski definition) is 2. The van der Waals surface area contributed by atoms with E-state index in [4.69, 9.17) is 9.47 Å². The summed E-state index contributed by atoms with van der Waals surface area (Å²) >= 11 is 0. The van der Waals surface area contributed by atoms with Crippen LogP contribution >= 0.6 is 0 Å². The van der Waals surface area contributed by atoms with Crippen molar-refractivity contribution in [1.29, 1.82) is 0 Å². The number of fused-ring (bicyclic) bond motifs is 5. The fourth-order valence-electron chi connectivity index (χ4n) is 6.84. The van der Waals surface area contributed by atoms with Crippen LogP contribution in [-0.2, 0) is 37.5 Å². The van der Waals surface area contributed by atoms with Gasteiger partial charge in [-0.15, -0.1) is 0 Å². The number of amides is 3. The molecule has 1 atom stereocenters. The van der Waals surface area contributed by atoms with E-state index in [1.807, 2.05) is 24.3 Å². The van der Waals surface area contributed by atoms with Crippen molar-refractivity contribution in [1.82, 2.24) is 23.8 Å². The number of carbonyl (C=O) groups excluding carboxylic acids is 3. The van der Waals surface area contributed by atoms with Crippen molar-refractivity contribution < 1.29 is 32.3 Å². The van der Waals surface area contributed by atoms with Gasteiger partial charge in [0.2, 0.25) is 11.8 Å². The van der Waals surface area contributed by atoms with E-state index < -0.39 is 22.0 Å². The maximum atomic E-state index is 14.1. The van der Waals surface area contributed by atoms with Crippen molar-refractivity contribution in [2.24, 2.45) is 5.92 Å². The molecule has 2 aliphatic rings. The normalized spacial score (nSPS) is 16.7. The molecule has 5 rings (SSSR count). The minimum absolute atomic E-state index is 0.0959. The number of carbonyl (C=O) groups is 3. The number of rotatable bonds is 11. The SMILES string of the molecule is COCCNC(=O)CN(C)C(=O)C1Cc2cc(OC)ccc2-c2c(C3CCCCC3)c3ccc(C(=O)NS(=O)(=O)N(C)C)cc3n2C1. The van der Waals surface area contributed by atoms with Crippen molar-refractivity contribution in [2.75, 3.05) is 55.1 Å². The third-order valence-electron chi connectivity index (χ3n) is 9.25.